The first kappa shape index (κ1) is 22.9. The smallest absolute Gasteiger partial charge is 0.416 e. The van der Waals surface area contributed by atoms with Gasteiger partial charge in [-0.15, -0.1) is 0 Å². The molecule has 0 radical (unpaired) electrons. The fourth-order valence-electron chi connectivity index (χ4n) is 3.53. The van der Waals surface area contributed by atoms with Gasteiger partial charge in [-0.05, 0) is 82.2 Å². The van der Waals surface area contributed by atoms with Gasteiger partial charge in [0.2, 0.25) is 0 Å². The zero-order chi connectivity index (χ0) is 23.6. The maximum Gasteiger partial charge on any atom is 0.416 e. The topological polar surface area (TPSA) is 36.3 Å². The number of halogens is 4. The molecule has 170 valence electrons. The van der Waals surface area contributed by atoms with E-state index in [4.69, 9.17) is 14.6 Å². The molecule has 0 spiro atoms. The summed E-state index contributed by atoms with van der Waals surface area (Å²) in [5, 5.41) is 4.76. The van der Waals surface area contributed by atoms with Crippen LogP contribution in [0.25, 0.3) is 22.5 Å². The van der Waals surface area contributed by atoms with E-state index in [2.05, 4.69) is 15.9 Å². The first-order valence-electron chi connectivity index (χ1n) is 10.0. The van der Waals surface area contributed by atoms with Gasteiger partial charge in [-0.1, -0.05) is 12.1 Å². The monoisotopic (exact) mass is 516 g/mol. The van der Waals surface area contributed by atoms with E-state index >= 15 is 0 Å². The lowest BCUT2D eigenvalue weighted by Crippen LogP contribution is -2.08. The van der Waals surface area contributed by atoms with E-state index in [1.54, 1.807) is 25.0 Å². The molecule has 0 N–H and O–H groups in total. The lowest BCUT2D eigenvalue weighted by molar-refractivity contribution is -0.137. The highest BCUT2D eigenvalue weighted by atomic mass is 79.9. The van der Waals surface area contributed by atoms with Crippen LogP contribution in [-0.2, 0) is 12.7 Å². The lowest BCUT2D eigenvalue weighted by atomic mass is 10.1. The summed E-state index contributed by atoms with van der Waals surface area (Å²) in [6.45, 7) is 0.167. The van der Waals surface area contributed by atoms with E-state index < -0.39 is 11.7 Å². The Morgan fingerprint density at radius 3 is 1.97 bits per heavy atom. The third kappa shape index (κ3) is 4.90. The highest BCUT2D eigenvalue weighted by molar-refractivity contribution is 9.10. The minimum Gasteiger partial charge on any atom is -0.497 e. The maximum atomic E-state index is 13.2. The van der Waals surface area contributed by atoms with E-state index in [9.17, 15) is 13.2 Å². The van der Waals surface area contributed by atoms with Crippen LogP contribution in [0.2, 0.25) is 0 Å². The van der Waals surface area contributed by atoms with E-state index in [0.29, 0.717) is 22.8 Å². The zero-order valence-electron chi connectivity index (χ0n) is 17.9. The Kier molecular flexibility index (Phi) is 6.47. The summed E-state index contributed by atoms with van der Waals surface area (Å²) in [4.78, 5) is 0. The number of methoxy groups -OCH3 is 2. The quantitative estimate of drug-likeness (QED) is 0.275. The van der Waals surface area contributed by atoms with Crippen molar-refractivity contribution >= 4 is 15.9 Å². The molecule has 4 rings (SSSR count). The second-order valence-electron chi connectivity index (χ2n) is 7.32. The van der Waals surface area contributed by atoms with Crippen LogP contribution in [-0.4, -0.2) is 24.0 Å². The predicted octanol–water partition coefficient (Wildman–Crippen LogP) is 7.06. The third-order valence-corrected chi connectivity index (χ3v) is 5.96. The van der Waals surface area contributed by atoms with Crippen molar-refractivity contribution in [3.05, 3.63) is 88.4 Å². The van der Waals surface area contributed by atoms with Crippen molar-refractivity contribution in [3.63, 3.8) is 0 Å². The third-order valence-electron chi connectivity index (χ3n) is 5.21. The molecule has 0 aliphatic rings. The number of hydrogen-bond acceptors (Lipinski definition) is 3. The Balaban J connectivity index is 1.82. The summed E-state index contributed by atoms with van der Waals surface area (Å²) in [6.07, 6.45) is -4.41. The molecule has 0 unspecified atom stereocenters. The second kappa shape index (κ2) is 9.31. The van der Waals surface area contributed by atoms with Crippen LogP contribution in [0.3, 0.4) is 0 Å². The van der Waals surface area contributed by atoms with Crippen molar-refractivity contribution < 1.29 is 22.6 Å². The summed E-state index contributed by atoms with van der Waals surface area (Å²) in [5.41, 5.74) is 2.93. The molecule has 0 fully saturated rings. The molecule has 1 aromatic heterocycles. The first-order valence-corrected chi connectivity index (χ1v) is 10.8. The van der Waals surface area contributed by atoms with Gasteiger partial charge >= 0.3 is 6.18 Å². The van der Waals surface area contributed by atoms with Crippen LogP contribution < -0.4 is 9.47 Å². The molecule has 0 atom stereocenters. The van der Waals surface area contributed by atoms with Gasteiger partial charge in [0.15, 0.2) is 0 Å². The fourth-order valence-corrected chi connectivity index (χ4v) is 4.27. The van der Waals surface area contributed by atoms with Gasteiger partial charge in [0.25, 0.3) is 0 Å². The van der Waals surface area contributed by atoms with Gasteiger partial charge in [-0.3, -0.25) is 4.68 Å². The largest absolute Gasteiger partial charge is 0.497 e. The molecule has 1 heterocycles. The van der Waals surface area contributed by atoms with Crippen molar-refractivity contribution in [1.29, 1.82) is 0 Å². The summed E-state index contributed by atoms with van der Waals surface area (Å²) < 4.78 is 52.6. The van der Waals surface area contributed by atoms with Gasteiger partial charge in [0.05, 0.1) is 36.5 Å². The van der Waals surface area contributed by atoms with E-state index in [-0.39, 0.29) is 6.54 Å². The minimum atomic E-state index is -4.41. The van der Waals surface area contributed by atoms with Gasteiger partial charge < -0.3 is 9.47 Å². The highest BCUT2D eigenvalue weighted by Gasteiger charge is 2.30. The number of benzene rings is 3. The molecule has 0 saturated carbocycles. The Morgan fingerprint density at radius 2 is 1.42 bits per heavy atom. The van der Waals surface area contributed by atoms with Crippen molar-refractivity contribution in [2.45, 2.75) is 12.7 Å². The molecule has 0 saturated heterocycles. The number of hydrogen-bond donors (Lipinski definition) is 0. The summed E-state index contributed by atoms with van der Waals surface area (Å²) >= 11 is 3.68. The van der Waals surface area contributed by atoms with Crippen LogP contribution >= 0.6 is 15.9 Å². The standard InChI is InChI=1S/C25H20BrF3N2O2/c1-32-20-10-6-17(7-11-20)23-22(26)24(18-8-12-21(33-2)13-9-18)31(30-23)15-16-4-3-5-19(14-16)25(27,28)29/h3-14H,15H2,1-2H3. The number of aromatic nitrogens is 2. The molecule has 0 amide bonds. The normalized spacial score (nSPS) is 11.5. The Bertz CT molecular complexity index is 1250. The minimum absolute atomic E-state index is 0.167. The Labute approximate surface area is 197 Å². The fraction of sp³-hybridized carbons (Fsp3) is 0.160. The molecular formula is C25H20BrF3N2O2. The Morgan fingerprint density at radius 1 is 0.848 bits per heavy atom. The molecule has 3 aromatic carbocycles. The molecule has 8 heteroatoms. The molecule has 0 bridgehead atoms. The number of nitrogens with zero attached hydrogens (tertiary/aromatic N) is 2. The molecule has 4 aromatic rings. The van der Waals surface area contributed by atoms with Crippen molar-refractivity contribution in [3.8, 4) is 34.0 Å². The maximum absolute atomic E-state index is 13.2. The number of alkyl halides is 3. The van der Waals surface area contributed by atoms with Crippen LogP contribution in [0.15, 0.2) is 77.3 Å². The van der Waals surface area contributed by atoms with Crippen molar-refractivity contribution in [2.75, 3.05) is 14.2 Å². The molecule has 4 nitrogen and oxygen atoms in total. The van der Waals surface area contributed by atoms with Gasteiger partial charge in [-0.25, -0.2) is 0 Å². The summed E-state index contributed by atoms with van der Waals surface area (Å²) in [7, 11) is 3.18. The van der Waals surface area contributed by atoms with Gasteiger partial charge in [0.1, 0.15) is 17.2 Å². The van der Waals surface area contributed by atoms with Crippen LogP contribution in [0.1, 0.15) is 11.1 Å². The number of rotatable bonds is 6. The molecular weight excluding hydrogens is 497 g/mol. The first-order chi connectivity index (χ1) is 15.8. The highest BCUT2D eigenvalue weighted by Crippen LogP contribution is 2.38. The van der Waals surface area contributed by atoms with E-state index in [0.717, 1.165) is 33.4 Å². The van der Waals surface area contributed by atoms with Crippen LogP contribution in [0.4, 0.5) is 13.2 Å². The summed E-state index contributed by atoms with van der Waals surface area (Å²) in [5.74, 6) is 1.42. The van der Waals surface area contributed by atoms with Crippen molar-refractivity contribution in [1.82, 2.24) is 9.78 Å². The van der Waals surface area contributed by atoms with Crippen molar-refractivity contribution in [2.24, 2.45) is 0 Å². The number of ether oxygens (including phenoxy) is 2. The molecule has 0 aliphatic carbocycles. The average Bonchev–Trinajstić information content (AvgIpc) is 3.14. The van der Waals surface area contributed by atoms with Gasteiger partial charge in [0, 0.05) is 11.1 Å². The second-order valence-corrected chi connectivity index (χ2v) is 8.12. The van der Waals surface area contributed by atoms with E-state index in [1.807, 2.05) is 48.5 Å². The van der Waals surface area contributed by atoms with E-state index in [1.165, 1.54) is 6.07 Å². The zero-order valence-corrected chi connectivity index (χ0v) is 19.4. The Hall–Kier alpha value is -3.26. The summed E-state index contributed by atoms with van der Waals surface area (Å²) in [6, 6.07) is 20.2. The lowest BCUT2D eigenvalue weighted by Gasteiger charge is -2.11. The predicted molar refractivity (Wildman–Crippen MR) is 124 cm³/mol. The molecule has 33 heavy (non-hydrogen) atoms. The van der Waals surface area contributed by atoms with Crippen LogP contribution in [0.5, 0.6) is 11.5 Å². The van der Waals surface area contributed by atoms with Crippen LogP contribution in [0, 0.1) is 0 Å². The van der Waals surface area contributed by atoms with Gasteiger partial charge in [-0.2, -0.15) is 18.3 Å². The SMILES string of the molecule is COc1ccc(-c2nn(Cc3cccc(C(F)(F)F)c3)c(-c3ccc(OC)cc3)c2Br)cc1. The average molecular weight is 517 g/mol. The molecule has 0 aliphatic heterocycles.